The molecule has 0 unspecified atom stereocenters. The lowest BCUT2D eigenvalue weighted by atomic mass is 10.2. The maximum atomic E-state index is 8.68. The number of benzene rings is 1. The number of hydrogen-bond acceptors (Lipinski definition) is 5. The van der Waals surface area contributed by atoms with E-state index in [1.807, 2.05) is 32.9 Å². The van der Waals surface area contributed by atoms with Crippen LogP contribution in [0.1, 0.15) is 32.8 Å². The molecule has 1 aromatic carbocycles. The van der Waals surface area contributed by atoms with Gasteiger partial charge in [0, 0.05) is 13.1 Å². The number of hydrogen-bond donors (Lipinski definition) is 3. The molecule has 3 N–H and O–H groups in total. The molecule has 0 aliphatic heterocycles. The van der Waals surface area contributed by atoms with Crippen LogP contribution in [-0.4, -0.2) is 44.1 Å². The van der Waals surface area contributed by atoms with Crippen molar-refractivity contribution in [1.29, 1.82) is 0 Å². The minimum Gasteiger partial charge on any atom is -0.490 e. The first kappa shape index (κ1) is 20.0. The van der Waals surface area contributed by atoms with Crippen LogP contribution >= 0.6 is 11.6 Å². The molecule has 0 bridgehead atoms. The Morgan fingerprint density at radius 2 is 1.91 bits per heavy atom. The second-order valence-corrected chi connectivity index (χ2v) is 5.92. The highest BCUT2D eigenvalue weighted by molar-refractivity contribution is 6.32. The van der Waals surface area contributed by atoms with E-state index in [9.17, 15) is 0 Å². The SMILES string of the molecule is CCOc1cc(CNCCCNCCO)cc(Cl)c1OC(C)C. The van der Waals surface area contributed by atoms with Crippen molar-refractivity contribution in [2.24, 2.45) is 0 Å². The maximum Gasteiger partial charge on any atom is 0.180 e. The monoisotopic (exact) mass is 344 g/mol. The van der Waals surface area contributed by atoms with Gasteiger partial charge in [0.15, 0.2) is 11.5 Å². The van der Waals surface area contributed by atoms with Crippen molar-refractivity contribution in [2.45, 2.75) is 39.8 Å². The molecule has 0 aliphatic carbocycles. The molecule has 5 nitrogen and oxygen atoms in total. The predicted octanol–water partition coefficient (Wildman–Crippen LogP) is 2.59. The van der Waals surface area contributed by atoms with Crippen LogP contribution in [0.2, 0.25) is 5.02 Å². The highest BCUT2D eigenvalue weighted by atomic mass is 35.5. The number of aliphatic hydroxyl groups is 1. The predicted molar refractivity (Wildman–Crippen MR) is 94.7 cm³/mol. The van der Waals surface area contributed by atoms with Gasteiger partial charge in [0.1, 0.15) is 0 Å². The third-order valence-corrected chi connectivity index (χ3v) is 3.33. The van der Waals surface area contributed by atoms with Gasteiger partial charge in [-0.25, -0.2) is 0 Å². The van der Waals surface area contributed by atoms with Gasteiger partial charge >= 0.3 is 0 Å². The Bertz CT molecular complexity index is 456. The Morgan fingerprint density at radius 1 is 1.17 bits per heavy atom. The van der Waals surface area contributed by atoms with Crippen LogP contribution in [0.5, 0.6) is 11.5 Å². The first-order valence-corrected chi connectivity index (χ1v) is 8.60. The lowest BCUT2D eigenvalue weighted by molar-refractivity contribution is 0.224. The quantitative estimate of drug-likeness (QED) is 0.509. The normalized spacial score (nSPS) is 11.0. The standard InChI is InChI=1S/C17H29ClN2O3/c1-4-22-16-11-14(10-15(18)17(16)23-13(2)3)12-20-7-5-6-19-8-9-21/h10-11,13,19-21H,4-9,12H2,1-3H3. The summed E-state index contributed by atoms with van der Waals surface area (Å²) in [6.07, 6.45) is 1.04. The number of ether oxygens (including phenoxy) is 2. The largest absolute Gasteiger partial charge is 0.490 e. The summed E-state index contributed by atoms with van der Waals surface area (Å²) >= 11 is 6.35. The zero-order chi connectivity index (χ0) is 17.1. The van der Waals surface area contributed by atoms with E-state index in [1.165, 1.54) is 0 Å². The van der Waals surface area contributed by atoms with E-state index < -0.39 is 0 Å². The van der Waals surface area contributed by atoms with Crippen LogP contribution in [-0.2, 0) is 6.54 Å². The molecular weight excluding hydrogens is 316 g/mol. The first-order valence-electron chi connectivity index (χ1n) is 8.22. The minimum atomic E-state index is 0.0436. The Labute approximate surface area is 144 Å². The molecule has 0 heterocycles. The van der Waals surface area contributed by atoms with E-state index in [4.69, 9.17) is 26.2 Å². The Hall–Kier alpha value is -1.01. The molecule has 0 fully saturated rings. The van der Waals surface area contributed by atoms with E-state index in [2.05, 4.69) is 10.6 Å². The van der Waals surface area contributed by atoms with Gasteiger partial charge in [-0.1, -0.05) is 11.6 Å². The zero-order valence-corrected chi connectivity index (χ0v) is 15.1. The minimum absolute atomic E-state index is 0.0436. The topological polar surface area (TPSA) is 62.8 Å². The molecule has 0 spiro atoms. The van der Waals surface area contributed by atoms with Crippen molar-refractivity contribution in [3.63, 3.8) is 0 Å². The lowest BCUT2D eigenvalue weighted by Gasteiger charge is -2.17. The summed E-state index contributed by atoms with van der Waals surface area (Å²) in [5.41, 5.74) is 1.07. The van der Waals surface area contributed by atoms with Gasteiger partial charge in [-0.2, -0.15) is 0 Å². The molecule has 1 aromatic rings. The van der Waals surface area contributed by atoms with Gasteiger partial charge in [0.25, 0.3) is 0 Å². The molecule has 0 aromatic heterocycles. The van der Waals surface area contributed by atoms with Crippen LogP contribution in [0.4, 0.5) is 0 Å². The van der Waals surface area contributed by atoms with E-state index >= 15 is 0 Å². The van der Waals surface area contributed by atoms with Gasteiger partial charge in [-0.05, 0) is 58.0 Å². The molecule has 0 atom stereocenters. The summed E-state index contributed by atoms with van der Waals surface area (Å²) in [4.78, 5) is 0. The number of halogens is 1. The molecular formula is C17H29ClN2O3. The first-order chi connectivity index (χ1) is 11.1. The Kier molecular flexibility index (Phi) is 10.0. The van der Waals surface area contributed by atoms with Crippen LogP contribution in [0, 0.1) is 0 Å². The molecule has 6 heteroatoms. The average Bonchev–Trinajstić information content (AvgIpc) is 2.50. The van der Waals surface area contributed by atoms with Crippen LogP contribution in [0.25, 0.3) is 0 Å². The van der Waals surface area contributed by atoms with Gasteiger partial charge < -0.3 is 25.2 Å². The fourth-order valence-electron chi connectivity index (χ4n) is 2.11. The van der Waals surface area contributed by atoms with Crippen molar-refractivity contribution < 1.29 is 14.6 Å². The van der Waals surface area contributed by atoms with Crippen molar-refractivity contribution in [3.8, 4) is 11.5 Å². The summed E-state index contributed by atoms with van der Waals surface area (Å²) in [7, 11) is 0. The Balaban J connectivity index is 2.55. The van der Waals surface area contributed by atoms with E-state index in [-0.39, 0.29) is 12.7 Å². The number of nitrogens with one attached hydrogen (secondary N) is 2. The summed E-state index contributed by atoms with van der Waals surface area (Å²) < 4.78 is 11.4. The molecule has 0 amide bonds. The van der Waals surface area contributed by atoms with Gasteiger partial charge in [0.05, 0.1) is 24.3 Å². The fourth-order valence-corrected chi connectivity index (χ4v) is 2.39. The average molecular weight is 345 g/mol. The molecule has 0 saturated carbocycles. The van der Waals surface area contributed by atoms with Crippen molar-refractivity contribution in [1.82, 2.24) is 10.6 Å². The summed E-state index contributed by atoms with van der Waals surface area (Å²) in [5.74, 6) is 1.30. The van der Waals surface area contributed by atoms with Crippen molar-refractivity contribution in [2.75, 3.05) is 32.8 Å². The molecule has 1 rings (SSSR count). The molecule has 0 radical (unpaired) electrons. The Morgan fingerprint density at radius 3 is 2.57 bits per heavy atom. The molecule has 23 heavy (non-hydrogen) atoms. The third-order valence-electron chi connectivity index (χ3n) is 3.05. The van der Waals surface area contributed by atoms with E-state index in [0.717, 1.165) is 31.6 Å². The molecule has 0 saturated heterocycles. The highest BCUT2D eigenvalue weighted by Gasteiger charge is 2.13. The lowest BCUT2D eigenvalue weighted by Crippen LogP contribution is -2.23. The number of aliphatic hydroxyl groups excluding tert-OH is 1. The summed E-state index contributed by atoms with van der Waals surface area (Å²) in [5, 5.41) is 15.8. The van der Waals surface area contributed by atoms with Gasteiger partial charge in [-0.3, -0.25) is 0 Å². The third kappa shape index (κ3) is 7.88. The second kappa shape index (κ2) is 11.5. The van der Waals surface area contributed by atoms with Gasteiger partial charge in [0.2, 0.25) is 0 Å². The van der Waals surface area contributed by atoms with E-state index in [1.54, 1.807) is 0 Å². The van der Waals surface area contributed by atoms with Crippen molar-refractivity contribution in [3.05, 3.63) is 22.7 Å². The summed E-state index contributed by atoms with van der Waals surface area (Å²) in [6, 6.07) is 3.89. The van der Waals surface area contributed by atoms with Crippen LogP contribution in [0.15, 0.2) is 12.1 Å². The van der Waals surface area contributed by atoms with Crippen molar-refractivity contribution >= 4 is 11.6 Å². The highest BCUT2D eigenvalue weighted by Crippen LogP contribution is 2.37. The molecule has 132 valence electrons. The van der Waals surface area contributed by atoms with Gasteiger partial charge in [-0.15, -0.1) is 0 Å². The van der Waals surface area contributed by atoms with Crippen LogP contribution < -0.4 is 20.1 Å². The maximum absolute atomic E-state index is 8.68. The van der Waals surface area contributed by atoms with Crippen LogP contribution in [0.3, 0.4) is 0 Å². The fraction of sp³-hybridized carbons (Fsp3) is 0.647. The van der Waals surface area contributed by atoms with E-state index in [0.29, 0.717) is 29.7 Å². The number of rotatable bonds is 12. The zero-order valence-electron chi connectivity index (χ0n) is 14.3. The smallest absolute Gasteiger partial charge is 0.180 e. The summed E-state index contributed by atoms with van der Waals surface area (Å²) in [6.45, 7) is 9.77. The second-order valence-electron chi connectivity index (χ2n) is 5.51. The molecule has 0 aliphatic rings.